The van der Waals surface area contributed by atoms with Crippen LogP contribution in [-0.2, 0) is 16.1 Å². The van der Waals surface area contributed by atoms with Gasteiger partial charge in [0, 0.05) is 0 Å². The average Bonchev–Trinajstić information content (AvgIpc) is 3.21. The number of carbonyl (C=O) groups excluding carboxylic acids is 1. The summed E-state index contributed by atoms with van der Waals surface area (Å²) in [7, 11) is 1.34. The second-order valence-electron chi connectivity index (χ2n) is 8.83. The van der Waals surface area contributed by atoms with Crippen molar-refractivity contribution in [3.63, 3.8) is 0 Å². The Morgan fingerprint density at radius 1 is 1.03 bits per heavy atom. The van der Waals surface area contributed by atoms with E-state index < -0.39 is 12.0 Å². The molecule has 7 heteroatoms. The van der Waals surface area contributed by atoms with Gasteiger partial charge in [-0.05, 0) is 48.7 Å². The number of methoxy groups -OCH3 is 1. The highest BCUT2D eigenvalue weighted by Crippen LogP contribution is 2.30. The van der Waals surface area contributed by atoms with Crippen LogP contribution in [0.25, 0.3) is 6.08 Å². The van der Waals surface area contributed by atoms with Gasteiger partial charge < -0.3 is 9.47 Å². The molecule has 0 spiro atoms. The predicted molar refractivity (Wildman–Crippen MR) is 144 cm³/mol. The van der Waals surface area contributed by atoms with E-state index in [9.17, 15) is 9.59 Å². The van der Waals surface area contributed by atoms with Crippen molar-refractivity contribution < 1.29 is 14.3 Å². The summed E-state index contributed by atoms with van der Waals surface area (Å²) in [5, 5.41) is 0. The molecule has 0 bridgehead atoms. The molecule has 1 aliphatic heterocycles. The lowest BCUT2D eigenvalue weighted by Crippen LogP contribution is -2.39. The smallest absolute Gasteiger partial charge is 0.338 e. The van der Waals surface area contributed by atoms with E-state index in [-0.39, 0.29) is 5.56 Å². The Morgan fingerprint density at radius 2 is 1.78 bits per heavy atom. The van der Waals surface area contributed by atoms with Crippen LogP contribution in [-0.4, -0.2) is 17.6 Å². The van der Waals surface area contributed by atoms with Gasteiger partial charge in [0.25, 0.3) is 5.56 Å². The standard InChI is InChI=1S/C30H26N2O4S/c1-19-8-7-9-22(16-19)18-36-24-14-12-21(13-15-24)17-25-28(33)32-27(23-10-5-4-6-11-23)26(29(34)35-3)20(2)31-30(32)37-25/h4-17,27H,18H2,1-3H3. The third-order valence-corrected chi connectivity index (χ3v) is 7.19. The first-order chi connectivity index (χ1) is 17.9. The van der Waals surface area contributed by atoms with Gasteiger partial charge in [0.15, 0.2) is 4.80 Å². The van der Waals surface area contributed by atoms with E-state index in [1.807, 2.05) is 72.8 Å². The van der Waals surface area contributed by atoms with Crippen LogP contribution >= 0.6 is 11.3 Å². The van der Waals surface area contributed by atoms with Crippen LogP contribution in [0.5, 0.6) is 5.75 Å². The van der Waals surface area contributed by atoms with Crippen molar-refractivity contribution in [1.29, 1.82) is 0 Å². The number of allylic oxidation sites excluding steroid dienone is 1. The fourth-order valence-corrected chi connectivity index (χ4v) is 5.47. The quantitative estimate of drug-likeness (QED) is 0.363. The van der Waals surface area contributed by atoms with Crippen molar-refractivity contribution in [3.05, 3.63) is 132 Å². The van der Waals surface area contributed by atoms with Gasteiger partial charge in [-0.25, -0.2) is 9.79 Å². The number of thiazole rings is 1. The minimum absolute atomic E-state index is 0.203. The molecule has 1 unspecified atom stereocenters. The lowest BCUT2D eigenvalue weighted by atomic mass is 9.96. The summed E-state index contributed by atoms with van der Waals surface area (Å²) < 4.78 is 13.1. The first-order valence-electron chi connectivity index (χ1n) is 11.9. The maximum absolute atomic E-state index is 13.6. The molecule has 1 atom stereocenters. The monoisotopic (exact) mass is 510 g/mol. The summed E-state index contributed by atoms with van der Waals surface area (Å²) in [4.78, 5) is 31.4. The largest absolute Gasteiger partial charge is 0.489 e. The fraction of sp³-hybridized carbons (Fsp3) is 0.167. The van der Waals surface area contributed by atoms with Gasteiger partial charge in [0.1, 0.15) is 12.4 Å². The van der Waals surface area contributed by atoms with Gasteiger partial charge in [0.05, 0.1) is 29.0 Å². The molecule has 1 aliphatic rings. The molecule has 0 amide bonds. The molecule has 37 heavy (non-hydrogen) atoms. The van der Waals surface area contributed by atoms with Crippen molar-refractivity contribution in [2.24, 2.45) is 4.99 Å². The number of nitrogens with zero attached hydrogens (tertiary/aromatic N) is 2. The molecule has 4 aromatic rings. The number of fused-ring (bicyclic) bond motifs is 1. The van der Waals surface area contributed by atoms with E-state index in [2.05, 4.69) is 24.0 Å². The highest BCUT2D eigenvalue weighted by atomic mass is 32.1. The van der Waals surface area contributed by atoms with Gasteiger partial charge in [-0.3, -0.25) is 9.36 Å². The Kier molecular flexibility index (Phi) is 6.88. The molecule has 0 aliphatic carbocycles. The molecule has 1 aromatic heterocycles. The summed E-state index contributed by atoms with van der Waals surface area (Å²) in [6, 6.07) is 24.7. The number of ether oxygens (including phenoxy) is 2. The number of hydrogen-bond donors (Lipinski definition) is 0. The summed E-state index contributed by atoms with van der Waals surface area (Å²) in [5.74, 6) is 0.258. The topological polar surface area (TPSA) is 69.9 Å². The number of benzene rings is 3. The van der Waals surface area contributed by atoms with Crippen molar-refractivity contribution in [2.45, 2.75) is 26.5 Å². The zero-order valence-corrected chi connectivity index (χ0v) is 21.6. The van der Waals surface area contributed by atoms with E-state index >= 15 is 0 Å². The van der Waals surface area contributed by atoms with Crippen LogP contribution in [0.1, 0.15) is 35.2 Å². The molecule has 2 heterocycles. The maximum atomic E-state index is 13.6. The lowest BCUT2D eigenvalue weighted by Gasteiger charge is -2.24. The predicted octanol–water partition coefficient (Wildman–Crippen LogP) is 4.30. The Morgan fingerprint density at radius 3 is 2.49 bits per heavy atom. The molecule has 186 valence electrons. The Bertz CT molecular complexity index is 1670. The molecule has 0 saturated carbocycles. The van der Waals surface area contributed by atoms with Gasteiger partial charge >= 0.3 is 5.97 Å². The van der Waals surface area contributed by atoms with Gasteiger partial charge in [-0.2, -0.15) is 0 Å². The van der Waals surface area contributed by atoms with Crippen molar-refractivity contribution in [1.82, 2.24) is 4.57 Å². The van der Waals surface area contributed by atoms with Crippen LogP contribution in [0.3, 0.4) is 0 Å². The summed E-state index contributed by atoms with van der Waals surface area (Å²) in [6.45, 7) is 4.32. The van der Waals surface area contributed by atoms with E-state index in [0.29, 0.717) is 27.2 Å². The first-order valence-corrected chi connectivity index (χ1v) is 12.7. The number of aromatic nitrogens is 1. The number of esters is 1. The highest BCUT2D eigenvalue weighted by Gasteiger charge is 2.32. The summed E-state index contributed by atoms with van der Waals surface area (Å²) in [6.07, 6.45) is 1.84. The first kappa shape index (κ1) is 24.5. The Labute approximate surface area is 218 Å². The number of rotatable bonds is 6. The number of carbonyl (C=O) groups is 1. The second kappa shape index (κ2) is 10.4. The van der Waals surface area contributed by atoms with E-state index in [1.165, 1.54) is 24.0 Å². The molecule has 3 aromatic carbocycles. The molecular formula is C30H26N2O4S. The van der Waals surface area contributed by atoms with Gasteiger partial charge in [0.2, 0.25) is 0 Å². The third kappa shape index (κ3) is 5.04. The zero-order valence-electron chi connectivity index (χ0n) is 20.8. The van der Waals surface area contributed by atoms with Gasteiger partial charge in [-0.1, -0.05) is 83.6 Å². The van der Waals surface area contributed by atoms with Crippen LogP contribution in [0, 0.1) is 6.92 Å². The van der Waals surface area contributed by atoms with Crippen molar-refractivity contribution >= 4 is 23.4 Å². The maximum Gasteiger partial charge on any atom is 0.338 e. The van der Waals surface area contributed by atoms with E-state index in [4.69, 9.17) is 9.47 Å². The zero-order chi connectivity index (χ0) is 25.9. The van der Waals surface area contributed by atoms with Crippen LogP contribution in [0.2, 0.25) is 0 Å². The SMILES string of the molecule is COC(=O)C1=C(C)N=c2sc(=Cc3ccc(OCc4cccc(C)c4)cc3)c(=O)n2C1c1ccccc1. The van der Waals surface area contributed by atoms with Crippen molar-refractivity contribution in [2.75, 3.05) is 7.11 Å². The van der Waals surface area contributed by atoms with E-state index in [0.717, 1.165) is 22.4 Å². The lowest BCUT2D eigenvalue weighted by molar-refractivity contribution is -0.136. The summed E-state index contributed by atoms with van der Waals surface area (Å²) in [5.41, 5.74) is 4.70. The average molecular weight is 511 g/mol. The molecule has 5 rings (SSSR count). The highest BCUT2D eigenvalue weighted by molar-refractivity contribution is 7.07. The van der Waals surface area contributed by atoms with Crippen LogP contribution in [0.4, 0.5) is 0 Å². The summed E-state index contributed by atoms with van der Waals surface area (Å²) >= 11 is 1.30. The second-order valence-corrected chi connectivity index (χ2v) is 9.84. The minimum atomic E-state index is -0.607. The molecule has 0 N–H and O–H groups in total. The Balaban J connectivity index is 1.48. The van der Waals surface area contributed by atoms with Gasteiger partial charge in [-0.15, -0.1) is 0 Å². The molecule has 0 fully saturated rings. The molecular weight excluding hydrogens is 484 g/mol. The Hall–Kier alpha value is -4.23. The fourth-order valence-electron chi connectivity index (χ4n) is 4.42. The van der Waals surface area contributed by atoms with Crippen LogP contribution in [0.15, 0.2) is 99.9 Å². The normalized spacial score (nSPS) is 15.2. The molecule has 6 nitrogen and oxygen atoms in total. The molecule has 0 saturated heterocycles. The third-order valence-electron chi connectivity index (χ3n) is 6.21. The number of aryl methyl sites for hydroxylation is 1. The number of hydrogen-bond acceptors (Lipinski definition) is 6. The van der Waals surface area contributed by atoms with Crippen LogP contribution < -0.4 is 19.6 Å². The molecule has 0 radical (unpaired) electrons. The van der Waals surface area contributed by atoms with Crippen molar-refractivity contribution in [3.8, 4) is 5.75 Å². The minimum Gasteiger partial charge on any atom is -0.489 e. The van der Waals surface area contributed by atoms with E-state index in [1.54, 1.807) is 11.5 Å².